The van der Waals surface area contributed by atoms with Gasteiger partial charge in [-0.05, 0) is 42.3 Å². The largest absolute Gasteiger partial charge is 0.398 e. The monoisotopic (exact) mass is 277 g/mol. The Morgan fingerprint density at radius 3 is 2.53 bits per heavy atom. The fraction of sp³-hybridized carbons (Fsp3) is 0.154. The number of hydrogen-bond acceptors (Lipinski definition) is 4. The molecule has 0 amide bonds. The fourth-order valence-electron chi connectivity index (χ4n) is 1.67. The van der Waals surface area contributed by atoms with Crippen molar-refractivity contribution in [2.75, 3.05) is 5.73 Å². The Hall–Kier alpha value is -1.92. The zero-order chi connectivity index (χ0) is 13.9. The number of benzene rings is 1. The molecule has 1 aromatic carbocycles. The predicted molar refractivity (Wildman–Crippen MR) is 73.9 cm³/mol. The highest BCUT2D eigenvalue weighted by Gasteiger charge is 2.16. The predicted octanol–water partition coefficient (Wildman–Crippen LogP) is 1.45. The van der Waals surface area contributed by atoms with Gasteiger partial charge in [0.15, 0.2) is 0 Å². The second-order valence-corrected chi connectivity index (χ2v) is 5.96. The Bertz CT molecular complexity index is 670. The number of hydrogen-bond donors (Lipinski definition) is 2. The van der Waals surface area contributed by atoms with Crippen LogP contribution in [-0.4, -0.2) is 13.4 Å². The molecule has 0 spiro atoms. The maximum atomic E-state index is 12.1. The first kappa shape index (κ1) is 13.5. The molecule has 0 unspecified atom stereocenters. The lowest BCUT2D eigenvalue weighted by Gasteiger charge is -2.09. The number of anilines is 1. The van der Waals surface area contributed by atoms with E-state index in [2.05, 4.69) is 9.71 Å². The van der Waals surface area contributed by atoms with Crippen LogP contribution in [-0.2, 0) is 16.6 Å². The van der Waals surface area contributed by atoms with Crippen LogP contribution in [0.3, 0.4) is 0 Å². The van der Waals surface area contributed by atoms with Crippen molar-refractivity contribution in [3.05, 3.63) is 53.9 Å². The summed E-state index contributed by atoms with van der Waals surface area (Å²) in [6.07, 6.45) is 3.23. The summed E-state index contributed by atoms with van der Waals surface area (Å²) in [5.41, 5.74) is 7.76. The van der Waals surface area contributed by atoms with E-state index in [-0.39, 0.29) is 17.1 Å². The van der Waals surface area contributed by atoms with Crippen LogP contribution in [0.15, 0.2) is 47.6 Å². The molecule has 1 heterocycles. The first-order valence-electron chi connectivity index (χ1n) is 5.74. The van der Waals surface area contributed by atoms with Crippen molar-refractivity contribution in [3.63, 3.8) is 0 Å². The maximum absolute atomic E-state index is 12.1. The standard InChI is InChI=1S/C13H15N3O2S/c1-10-2-3-13(12(14)8-10)19(17,18)16-9-11-4-6-15-7-5-11/h2-8,16H,9,14H2,1H3. The lowest BCUT2D eigenvalue weighted by atomic mass is 10.2. The average Bonchev–Trinajstić information content (AvgIpc) is 2.37. The highest BCUT2D eigenvalue weighted by Crippen LogP contribution is 2.19. The van der Waals surface area contributed by atoms with E-state index < -0.39 is 10.0 Å². The molecule has 0 aliphatic carbocycles. The SMILES string of the molecule is Cc1ccc(S(=O)(=O)NCc2ccncc2)c(N)c1. The summed E-state index contributed by atoms with van der Waals surface area (Å²) in [4.78, 5) is 3.98. The third kappa shape index (κ3) is 3.30. The Kier molecular flexibility index (Phi) is 3.82. The number of nitrogens with one attached hydrogen (secondary N) is 1. The van der Waals surface area contributed by atoms with E-state index in [0.717, 1.165) is 11.1 Å². The van der Waals surface area contributed by atoms with Crippen molar-refractivity contribution in [2.24, 2.45) is 0 Å². The molecule has 0 radical (unpaired) electrons. The van der Waals surface area contributed by atoms with E-state index in [1.807, 2.05) is 6.92 Å². The van der Waals surface area contributed by atoms with E-state index in [9.17, 15) is 8.42 Å². The van der Waals surface area contributed by atoms with E-state index in [4.69, 9.17) is 5.73 Å². The van der Waals surface area contributed by atoms with Crippen molar-refractivity contribution in [3.8, 4) is 0 Å². The van der Waals surface area contributed by atoms with Crippen LogP contribution in [0.4, 0.5) is 5.69 Å². The molecule has 2 aromatic rings. The summed E-state index contributed by atoms with van der Waals surface area (Å²) in [6, 6.07) is 8.37. The second-order valence-electron chi connectivity index (χ2n) is 4.22. The first-order chi connectivity index (χ1) is 8.99. The summed E-state index contributed by atoms with van der Waals surface area (Å²) < 4.78 is 26.8. The topological polar surface area (TPSA) is 85.1 Å². The van der Waals surface area contributed by atoms with Gasteiger partial charge in [0, 0.05) is 18.9 Å². The Morgan fingerprint density at radius 1 is 1.21 bits per heavy atom. The molecule has 2 rings (SSSR count). The van der Waals surface area contributed by atoms with E-state index in [1.165, 1.54) is 6.07 Å². The molecule has 100 valence electrons. The van der Waals surface area contributed by atoms with Gasteiger partial charge in [-0.1, -0.05) is 6.07 Å². The zero-order valence-electron chi connectivity index (χ0n) is 10.5. The van der Waals surface area contributed by atoms with Gasteiger partial charge in [-0.3, -0.25) is 4.98 Å². The minimum absolute atomic E-state index is 0.104. The number of nitrogens with two attached hydrogens (primary N) is 1. The lowest BCUT2D eigenvalue weighted by Crippen LogP contribution is -2.24. The molecule has 3 N–H and O–H groups in total. The quantitative estimate of drug-likeness (QED) is 0.828. The molecule has 0 saturated carbocycles. The van der Waals surface area contributed by atoms with Crippen molar-refractivity contribution in [1.82, 2.24) is 9.71 Å². The Balaban J connectivity index is 2.19. The molecule has 1 aromatic heterocycles. The first-order valence-corrected chi connectivity index (χ1v) is 7.22. The molecule has 0 aliphatic rings. The third-order valence-electron chi connectivity index (χ3n) is 2.67. The number of nitrogens with zero attached hydrogens (tertiary/aromatic N) is 1. The minimum Gasteiger partial charge on any atom is -0.398 e. The van der Waals surface area contributed by atoms with Crippen molar-refractivity contribution in [1.29, 1.82) is 0 Å². The molecule has 0 aliphatic heterocycles. The molecular formula is C13H15N3O2S. The zero-order valence-corrected chi connectivity index (χ0v) is 11.3. The van der Waals surface area contributed by atoms with Crippen molar-refractivity contribution >= 4 is 15.7 Å². The summed E-state index contributed by atoms with van der Waals surface area (Å²) in [7, 11) is -3.60. The molecule has 19 heavy (non-hydrogen) atoms. The smallest absolute Gasteiger partial charge is 0.242 e. The Morgan fingerprint density at radius 2 is 1.89 bits per heavy atom. The van der Waals surface area contributed by atoms with Crippen LogP contribution in [0.5, 0.6) is 0 Å². The van der Waals surface area contributed by atoms with Gasteiger partial charge >= 0.3 is 0 Å². The van der Waals surface area contributed by atoms with Crippen LogP contribution in [0.25, 0.3) is 0 Å². The van der Waals surface area contributed by atoms with Gasteiger partial charge in [0.05, 0.1) is 5.69 Å². The van der Waals surface area contributed by atoms with Gasteiger partial charge in [0.2, 0.25) is 10.0 Å². The van der Waals surface area contributed by atoms with Gasteiger partial charge in [-0.25, -0.2) is 13.1 Å². The normalized spacial score (nSPS) is 11.4. The summed E-state index contributed by atoms with van der Waals surface area (Å²) in [5, 5.41) is 0. The van der Waals surface area contributed by atoms with Gasteiger partial charge < -0.3 is 5.73 Å². The van der Waals surface area contributed by atoms with Crippen LogP contribution in [0, 0.1) is 6.92 Å². The molecule has 0 atom stereocenters. The van der Waals surface area contributed by atoms with Crippen molar-refractivity contribution < 1.29 is 8.42 Å². The summed E-state index contributed by atoms with van der Waals surface area (Å²) >= 11 is 0. The molecule has 0 bridgehead atoms. The molecule has 0 saturated heterocycles. The summed E-state index contributed by atoms with van der Waals surface area (Å²) in [5.74, 6) is 0. The van der Waals surface area contributed by atoms with Crippen LogP contribution >= 0.6 is 0 Å². The summed E-state index contributed by atoms with van der Waals surface area (Å²) in [6.45, 7) is 2.06. The molecule has 6 heteroatoms. The van der Waals surface area contributed by atoms with Crippen LogP contribution in [0.1, 0.15) is 11.1 Å². The fourth-order valence-corrected chi connectivity index (χ4v) is 2.80. The molecule has 5 nitrogen and oxygen atoms in total. The average molecular weight is 277 g/mol. The van der Waals surface area contributed by atoms with E-state index in [0.29, 0.717) is 0 Å². The Labute approximate surface area is 112 Å². The minimum atomic E-state index is -3.60. The van der Waals surface area contributed by atoms with Crippen LogP contribution in [0.2, 0.25) is 0 Å². The van der Waals surface area contributed by atoms with Gasteiger partial charge in [0.1, 0.15) is 4.90 Å². The van der Waals surface area contributed by atoms with Gasteiger partial charge in [-0.2, -0.15) is 0 Å². The lowest BCUT2D eigenvalue weighted by molar-refractivity contribution is 0.581. The molecule has 0 fully saturated rings. The third-order valence-corrected chi connectivity index (χ3v) is 4.15. The molecular weight excluding hydrogens is 262 g/mol. The number of aromatic nitrogens is 1. The highest BCUT2D eigenvalue weighted by molar-refractivity contribution is 7.89. The number of nitrogen functional groups attached to an aromatic ring is 1. The van der Waals surface area contributed by atoms with Gasteiger partial charge in [-0.15, -0.1) is 0 Å². The van der Waals surface area contributed by atoms with Crippen molar-refractivity contribution in [2.45, 2.75) is 18.4 Å². The second kappa shape index (κ2) is 5.38. The highest BCUT2D eigenvalue weighted by atomic mass is 32.2. The number of rotatable bonds is 4. The maximum Gasteiger partial charge on any atom is 0.242 e. The van der Waals surface area contributed by atoms with Crippen LogP contribution < -0.4 is 10.5 Å². The van der Waals surface area contributed by atoms with E-state index >= 15 is 0 Å². The number of pyridine rings is 1. The van der Waals surface area contributed by atoms with Gasteiger partial charge in [0.25, 0.3) is 0 Å². The number of sulfonamides is 1. The van der Waals surface area contributed by atoms with E-state index in [1.54, 1.807) is 36.7 Å². The number of aryl methyl sites for hydroxylation is 1.